The minimum Gasteiger partial charge on any atom is -0.321 e. The van der Waals surface area contributed by atoms with Gasteiger partial charge in [0.2, 0.25) is 0 Å². The van der Waals surface area contributed by atoms with Crippen LogP contribution in [-0.2, 0) is 7.05 Å². The molecular weight excluding hydrogens is 340 g/mol. The van der Waals surface area contributed by atoms with E-state index in [1.807, 2.05) is 6.07 Å². The van der Waals surface area contributed by atoms with Crippen LogP contribution in [0.1, 0.15) is 20.8 Å². The molecule has 0 bridgehead atoms. The van der Waals surface area contributed by atoms with Crippen molar-refractivity contribution in [3.63, 3.8) is 0 Å². The van der Waals surface area contributed by atoms with E-state index in [0.29, 0.717) is 22.1 Å². The molecule has 25 heavy (non-hydrogen) atoms. The number of carbonyl (C=O) groups excluding carboxylic acids is 2. The van der Waals surface area contributed by atoms with Crippen LogP contribution in [0.4, 0.5) is 11.5 Å². The number of nitrogens with zero attached hydrogens (tertiary/aromatic N) is 2. The number of rotatable bonds is 4. The molecule has 0 aliphatic heterocycles. The Morgan fingerprint density at radius 3 is 2.44 bits per heavy atom. The number of aromatic nitrogens is 2. The number of hydrogen-bond donors (Lipinski definition) is 2. The van der Waals surface area contributed by atoms with Gasteiger partial charge in [0.1, 0.15) is 5.82 Å². The second-order valence-corrected chi connectivity index (χ2v) is 5.76. The van der Waals surface area contributed by atoms with E-state index in [4.69, 9.17) is 11.6 Å². The van der Waals surface area contributed by atoms with Crippen molar-refractivity contribution in [3.05, 3.63) is 76.9 Å². The number of halogens is 1. The molecule has 1 aromatic heterocycles. The number of benzene rings is 2. The van der Waals surface area contributed by atoms with Crippen LogP contribution in [-0.4, -0.2) is 21.6 Å². The van der Waals surface area contributed by atoms with E-state index in [-0.39, 0.29) is 11.6 Å². The Hall–Kier alpha value is -3.12. The van der Waals surface area contributed by atoms with Gasteiger partial charge in [-0.2, -0.15) is 5.10 Å². The molecule has 2 amide bonds. The molecule has 6 nitrogen and oxygen atoms in total. The molecule has 126 valence electrons. The number of carbonyl (C=O) groups is 2. The van der Waals surface area contributed by atoms with E-state index in [9.17, 15) is 9.59 Å². The normalized spacial score (nSPS) is 10.3. The van der Waals surface area contributed by atoms with Gasteiger partial charge in [-0.25, -0.2) is 0 Å². The fourth-order valence-corrected chi connectivity index (χ4v) is 2.42. The van der Waals surface area contributed by atoms with Gasteiger partial charge in [0.05, 0.1) is 0 Å². The highest BCUT2D eigenvalue weighted by Gasteiger charge is 2.15. The van der Waals surface area contributed by atoms with Crippen LogP contribution in [0.25, 0.3) is 0 Å². The molecule has 0 spiro atoms. The first-order valence-electron chi connectivity index (χ1n) is 7.50. The van der Waals surface area contributed by atoms with Gasteiger partial charge in [-0.05, 0) is 30.3 Å². The predicted molar refractivity (Wildman–Crippen MR) is 97.0 cm³/mol. The van der Waals surface area contributed by atoms with Crippen molar-refractivity contribution in [3.8, 4) is 0 Å². The maximum absolute atomic E-state index is 12.3. The van der Waals surface area contributed by atoms with Gasteiger partial charge in [0.15, 0.2) is 5.69 Å². The molecule has 0 radical (unpaired) electrons. The molecule has 0 saturated heterocycles. The maximum atomic E-state index is 12.3. The lowest BCUT2D eigenvalue weighted by Gasteiger charge is -2.04. The highest BCUT2D eigenvalue weighted by atomic mass is 35.5. The molecule has 7 heteroatoms. The number of hydrogen-bond acceptors (Lipinski definition) is 3. The van der Waals surface area contributed by atoms with Crippen molar-refractivity contribution in [2.45, 2.75) is 0 Å². The maximum Gasteiger partial charge on any atom is 0.276 e. The Balaban J connectivity index is 1.73. The molecule has 0 fully saturated rings. The first kappa shape index (κ1) is 16.7. The molecule has 0 aliphatic carbocycles. The smallest absolute Gasteiger partial charge is 0.276 e. The Kier molecular flexibility index (Phi) is 4.81. The van der Waals surface area contributed by atoms with E-state index in [0.717, 1.165) is 0 Å². The predicted octanol–water partition coefficient (Wildman–Crippen LogP) is 3.58. The van der Waals surface area contributed by atoms with Crippen molar-refractivity contribution >= 4 is 34.9 Å². The third-order valence-corrected chi connectivity index (χ3v) is 3.71. The van der Waals surface area contributed by atoms with Gasteiger partial charge in [-0.1, -0.05) is 35.9 Å². The van der Waals surface area contributed by atoms with Crippen molar-refractivity contribution < 1.29 is 9.59 Å². The van der Waals surface area contributed by atoms with Crippen molar-refractivity contribution in [1.29, 1.82) is 0 Å². The topological polar surface area (TPSA) is 76.0 Å². The molecule has 2 aromatic carbocycles. The van der Waals surface area contributed by atoms with E-state index < -0.39 is 5.91 Å². The number of nitrogens with one attached hydrogen (secondary N) is 2. The van der Waals surface area contributed by atoms with Gasteiger partial charge in [0.25, 0.3) is 11.8 Å². The van der Waals surface area contributed by atoms with Gasteiger partial charge in [-0.15, -0.1) is 0 Å². The summed E-state index contributed by atoms with van der Waals surface area (Å²) in [4.78, 5) is 24.5. The zero-order chi connectivity index (χ0) is 17.8. The molecule has 1 heterocycles. The summed E-state index contributed by atoms with van der Waals surface area (Å²) in [5.41, 5.74) is 1.28. The van der Waals surface area contributed by atoms with E-state index in [1.54, 1.807) is 55.6 Å². The highest BCUT2D eigenvalue weighted by molar-refractivity contribution is 6.31. The zero-order valence-electron chi connectivity index (χ0n) is 13.4. The van der Waals surface area contributed by atoms with Gasteiger partial charge in [-0.3, -0.25) is 14.3 Å². The molecular formula is C18H15ClN4O2. The molecule has 3 aromatic rings. The Labute approximate surface area is 149 Å². The van der Waals surface area contributed by atoms with Crippen LogP contribution in [0.3, 0.4) is 0 Å². The van der Waals surface area contributed by atoms with Crippen LogP contribution < -0.4 is 10.6 Å². The third kappa shape index (κ3) is 4.05. The lowest BCUT2D eigenvalue weighted by Crippen LogP contribution is -2.14. The minimum absolute atomic E-state index is 0.186. The molecule has 0 aliphatic rings. The van der Waals surface area contributed by atoms with Crippen LogP contribution in [0.5, 0.6) is 0 Å². The summed E-state index contributed by atoms with van der Waals surface area (Å²) < 4.78 is 1.44. The van der Waals surface area contributed by atoms with Crippen molar-refractivity contribution in [2.75, 3.05) is 10.6 Å². The number of anilines is 2. The summed E-state index contributed by atoms with van der Waals surface area (Å²) in [6.07, 6.45) is 0. The van der Waals surface area contributed by atoms with Gasteiger partial charge in [0, 0.05) is 29.4 Å². The van der Waals surface area contributed by atoms with Crippen LogP contribution in [0.15, 0.2) is 60.7 Å². The molecule has 0 saturated carbocycles. The SMILES string of the molecule is Cn1nc(C(=O)Nc2cccc(Cl)c2)cc1NC(=O)c1ccccc1. The van der Waals surface area contributed by atoms with E-state index >= 15 is 0 Å². The van der Waals surface area contributed by atoms with Crippen molar-refractivity contribution in [2.24, 2.45) is 7.05 Å². The largest absolute Gasteiger partial charge is 0.321 e. The van der Waals surface area contributed by atoms with Crippen molar-refractivity contribution in [1.82, 2.24) is 9.78 Å². The molecule has 0 unspecified atom stereocenters. The van der Waals surface area contributed by atoms with Crippen LogP contribution >= 0.6 is 11.6 Å². The summed E-state index contributed by atoms with van der Waals surface area (Å²) in [5.74, 6) is -0.242. The second-order valence-electron chi connectivity index (χ2n) is 5.32. The summed E-state index contributed by atoms with van der Waals surface area (Å²) in [5, 5.41) is 10.1. The molecule has 2 N–H and O–H groups in total. The summed E-state index contributed by atoms with van der Waals surface area (Å²) in [7, 11) is 1.65. The summed E-state index contributed by atoms with van der Waals surface area (Å²) in [6, 6.07) is 17.1. The third-order valence-electron chi connectivity index (χ3n) is 3.47. The van der Waals surface area contributed by atoms with Crippen LogP contribution in [0.2, 0.25) is 5.02 Å². The Morgan fingerprint density at radius 1 is 0.960 bits per heavy atom. The van der Waals surface area contributed by atoms with Crippen LogP contribution in [0, 0.1) is 0 Å². The Morgan fingerprint density at radius 2 is 1.72 bits per heavy atom. The van der Waals surface area contributed by atoms with E-state index in [2.05, 4.69) is 15.7 Å². The van der Waals surface area contributed by atoms with Gasteiger partial charge >= 0.3 is 0 Å². The lowest BCUT2D eigenvalue weighted by atomic mass is 10.2. The quantitative estimate of drug-likeness (QED) is 0.751. The summed E-state index contributed by atoms with van der Waals surface area (Å²) >= 11 is 5.90. The van der Waals surface area contributed by atoms with Gasteiger partial charge < -0.3 is 10.6 Å². The zero-order valence-corrected chi connectivity index (χ0v) is 14.1. The fraction of sp³-hybridized carbons (Fsp3) is 0.0556. The second kappa shape index (κ2) is 7.19. The first-order chi connectivity index (χ1) is 12.0. The lowest BCUT2D eigenvalue weighted by molar-refractivity contribution is 0.101. The fourth-order valence-electron chi connectivity index (χ4n) is 2.23. The average Bonchev–Trinajstić information content (AvgIpc) is 2.96. The molecule has 0 atom stereocenters. The molecule has 3 rings (SSSR count). The van der Waals surface area contributed by atoms with E-state index in [1.165, 1.54) is 10.7 Å². The minimum atomic E-state index is -0.391. The average molecular weight is 355 g/mol. The number of aryl methyl sites for hydroxylation is 1. The summed E-state index contributed by atoms with van der Waals surface area (Å²) in [6.45, 7) is 0. The first-order valence-corrected chi connectivity index (χ1v) is 7.88. The number of amides is 2. The Bertz CT molecular complexity index is 922. The highest BCUT2D eigenvalue weighted by Crippen LogP contribution is 2.17. The monoisotopic (exact) mass is 354 g/mol. The standard InChI is InChI=1S/C18H15ClN4O2/c1-23-16(21-17(24)12-6-3-2-4-7-12)11-15(22-23)18(25)20-14-9-5-8-13(19)10-14/h2-11H,1H3,(H,20,25)(H,21,24).